The minimum absolute atomic E-state index is 0.889. The monoisotopic (exact) mass is 754 g/mol. The lowest BCUT2D eigenvalue weighted by Gasteiger charge is -2.26. The first kappa shape index (κ1) is 34.4. The Morgan fingerprint density at radius 1 is 0.322 bits per heavy atom. The number of benzene rings is 9. The summed E-state index contributed by atoms with van der Waals surface area (Å²) in [5.74, 6) is 0. The van der Waals surface area contributed by atoms with E-state index in [1.807, 2.05) is 0 Å². The largest absolute Gasteiger partial charge is 0.453 e. The van der Waals surface area contributed by atoms with E-state index in [0.717, 1.165) is 72.4 Å². The van der Waals surface area contributed by atoms with E-state index in [-0.39, 0.29) is 0 Å². The van der Waals surface area contributed by atoms with Crippen LogP contribution in [0.5, 0.6) is 0 Å². The Balaban J connectivity index is 1.00. The molecule has 0 bridgehead atoms. The first-order chi connectivity index (χ1) is 29.3. The van der Waals surface area contributed by atoms with Crippen molar-refractivity contribution in [3.05, 3.63) is 231 Å². The molecule has 0 spiro atoms. The Labute approximate surface area is 343 Å². The van der Waals surface area contributed by atoms with E-state index >= 15 is 0 Å². The molecule has 0 aliphatic rings. The summed E-state index contributed by atoms with van der Waals surface area (Å²) < 4.78 is 9.20. The molecule has 0 saturated carbocycles. The highest BCUT2D eigenvalue weighted by Crippen LogP contribution is 2.43. The zero-order valence-electron chi connectivity index (χ0n) is 32.2. The number of hydrogen-bond donors (Lipinski definition) is 0. The molecule has 11 aromatic rings. The second kappa shape index (κ2) is 14.6. The zero-order chi connectivity index (χ0) is 39.1. The van der Waals surface area contributed by atoms with E-state index < -0.39 is 0 Å². The Kier molecular flexibility index (Phi) is 8.49. The molecule has 0 saturated heterocycles. The molecule has 2 aromatic heterocycles. The van der Waals surface area contributed by atoms with E-state index in [2.05, 4.69) is 240 Å². The van der Waals surface area contributed by atoms with E-state index in [4.69, 9.17) is 4.42 Å². The molecule has 0 amide bonds. The number of fused-ring (bicyclic) bond motifs is 5. The molecule has 3 nitrogen and oxygen atoms in total. The number of nitrogens with zero attached hydrogens (tertiary/aromatic N) is 2. The predicted molar refractivity (Wildman–Crippen MR) is 247 cm³/mol. The fourth-order valence-corrected chi connectivity index (χ4v) is 8.55. The van der Waals surface area contributed by atoms with Crippen molar-refractivity contribution in [2.24, 2.45) is 0 Å². The van der Waals surface area contributed by atoms with Crippen LogP contribution in [0.25, 0.3) is 83.2 Å². The SMILES string of the molecule is c1ccc(-c2ccc(-c3cccc(N(c4ccc(-c5ccccc5)cc4)c4ccc(-c5cccc6c5oc5c7ccccc7n(-c7ccccc7)c65)cc4)c3)cc2)cc1. The predicted octanol–water partition coefficient (Wildman–Crippen LogP) is 15.7. The number of anilines is 3. The highest BCUT2D eigenvalue weighted by Gasteiger charge is 2.21. The van der Waals surface area contributed by atoms with E-state index in [0.29, 0.717) is 0 Å². The zero-order valence-corrected chi connectivity index (χ0v) is 32.2. The van der Waals surface area contributed by atoms with Gasteiger partial charge in [0.25, 0.3) is 0 Å². The number of para-hydroxylation sites is 3. The van der Waals surface area contributed by atoms with Crippen LogP contribution in [0.4, 0.5) is 17.1 Å². The van der Waals surface area contributed by atoms with Gasteiger partial charge in [0.15, 0.2) is 5.58 Å². The topological polar surface area (TPSA) is 21.3 Å². The Morgan fingerprint density at radius 2 is 0.797 bits per heavy atom. The smallest absolute Gasteiger partial charge is 0.161 e. The lowest BCUT2D eigenvalue weighted by molar-refractivity contribution is 0.674. The fourth-order valence-electron chi connectivity index (χ4n) is 8.55. The van der Waals surface area contributed by atoms with Gasteiger partial charge in [-0.05, 0) is 106 Å². The standard InChI is InChI=1S/C56H38N2O/c1-4-14-39(15-5-1)41-26-28-43(29-27-41)45-18-12-21-49(38-45)57(47-34-30-42(31-35-47)40-16-6-2-7-17-40)48-36-32-44(33-37-48)50-23-13-24-52-54-56(59-55(50)52)51-22-10-11-25-53(51)58(54)46-19-8-3-9-20-46/h1-38H. The van der Waals surface area contributed by atoms with E-state index in [1.54, 1.807) is 0 Å². The van der Waals surface area contributed by atoms with Crippen molar-refractivity contribution in [3.63, 3.8) is 0 Å². The maximum Gasteiger partial charge on any atom is 0.161 e. The van der Waals surface area contributed by atoms with E-state index in [9.17, 15) is 0 Å². The molecule has 0 N–H and O–H groups in total. The average Bonchev–Trinajstić information content (AvgIpc) is 3.86. The lowest BCUT2D eigenvalue weighted by Crippen LogP contribution is -2.10. The van der Waals surface area contributed by atoms with Crippen molar-refractivity contribution in [3.8, 4) is 50.2 Å². The molecule has 0 atom stereocenters. The van der Waals surface area contributed by atoms with Crippen LogP contribution < -0.4 is 4.90 Å². The molecule has 9 aromatic carbocycles. The van der Waals surface area contributed by atoms with Gasteiger partial charge >= 0.3 is 0 Å². The summed E-state index contributed by atoms with van der Waals surface area (Å²) in [7, 11) is 0. The van der Waals surface area contributed by atoms with Gasteiger partial charge in [-0.25, -0.2) is 0 Å². The normalized spacial score (nSPS) is 11.4. The van der Waals surface area contributed by atoms with Crippen molar-refractivity contribution in [2.45, 2.75) is 0 Å². The van der Waals surface area contributed by atoms with Crippen molar-refractivity contribution in [1.29, 1.82) is 0 Å². The Hall–Kier alpha value is -7.88. The summed E-state index contributed by atoms with van der Waals surface area (Å²) >= 11 is 0. The molecule has 278 valence electrons. The summed E-state index contributed by atoms with van der Waals surface area (Å²) in [5, 5.41) is 2.20. The van der Waals surface area contributed by atoms with Crippen molar-refractivity contribution < 1.29 is 4.42 Å². The number of rotatable bonds is 8. The van der Waals surface area contributed by atoms with Crippen molar-refractivity contribution >= 4 is 50.0 Å². The number of aromatic nitrogens is 1. The average molecular weight is 755 g/mol. The van der Waals surface area contributed by atoms with Crippen LogP contribution in [-0.2, 0) is 0 Å². The van der Waals surface area contributed by atoms with Gasteiger partial charge in [0.2, 0.25) is 0 Å². The fraction of sp³-hybridized carbons (Fsp3) is 0. The van der Waals surface area contributed by atoms with Gasteiger partial charge in [0.1, 0.15) is 11.1 Å². The summed E-state index contributed by atoms with van der Waals surface area (Å²) in [6.07, 6.45) is 0. The van der Waals surface area contributed by atoms with Crippen molar-refractivity contribution in [1.82, 2.24) is 4.57 Å². The second-order valence-electron chi connectivity index (χ2n) is 14.9. The van der Waals surface area contributed by atoms with Crippen LogP contribution in [0.2, 0.25) is 0 Å². The summed E-state index contributed by atoms with van der Waals surface area (Å²) in [6, 6.07) is 82.1. The minimum atomic E-state index is 0.889. The third kappa shape index (κ3) is 6.17. The van der Waals surface area contributed by atoms with Gasteiger partial charge in [-0.1, -0.05) is 164 Å². The summed E-state index contributed by atoms with van der Waals surface area (Å²) in [4.78, 5) is 2.34. The molecule has 59 heavy (non-hydrogen) atoms. The lowest BCUT2D eigenvalue weighted by atomic mass is 9.99. The second-order valence-corrected chi connectivity index (χ2v) is 14.9. The highest BCUT2D eigenvalue weighted by atomic mass is 16.3. The van der Waals surface area contributed by atoms with Crippen molar-refractivity contribution in [2.75, 3.05) is 4.90 Å². The van der Waals surface area contributed by atoms with Crippen LogP contribution in [0, 0.1) is 0 Å². The first-order valence-corrected chi connectivity index (χ1v) is 20.1. The van der Waals surface area contributed by atoms with Crippen LogP contribution in [0.1, 0.15) is 0 Å². The molecule has 2 heterocycles. The molecule has 11 rings (SSSR count). The maximum atomic E-state index is 6.87. The van der Waals surface area contributed by atoms with Crippen LogP contribution in [-0.4, -0.2) is 4.57 Å². The highest BCUT2D eigenvalue weighted by molar-refractivity contribution is 6.18. The number of furan rings is 1. The molecule has 0 aliphatic carbocycles. The van der Waals surface area contributed by atoms with Gasteiger partial charge in [-0.15, -0.1) is 0 Å². The number of hydrogen-bond acceptors (Lipinski definition) is 2. The quantitative estimate of drug-likeness (QED) is 0.154. The van der Waals surface area contributed by atoms with Gasteiger partial charge in [-0.3, -0.25) is 0 Å². The third-order valence-electron chi connectivity index (χ3n) is 11.4. The molecule has 0 unspecified atom stereocenters. The minimum Gasteiger partial charge on any atom is -0.453 e. The van der Waals surface area contributed by atoms with Gasteiger partial charge in [0.05, 0.1) is 5.52 Å². The van der Waals surface area contributed by atoms with Crippen LogP contribution in [0.15, 0.2) is 235 Å². The Morgan fingerprint density at radius 3 is 1.44 bits per heavy atom. The summed E-state index contributed by atoms with van der Waals surface area (Å²) in [6.45, 7) is 0. The Bertz CT molecular complexity index is 3220. The third-order valence-corrected chi connectivity index (χ3v) is 11.4. The van der Waals surface area contributed by atoms with Gasteiger partial charge in [0, 0.05) is 39.1 Å². The molecule has 3 heteroatoms. The van der Waals surface area contributed by atoms with Gasteiger partial charge < -0.3 is 13.9 Å². The first-order valence-electron chi connectivity index (χ1n) is 20.1. The van der Waals surface area contributed by atoms with E-state index in [1.165, 1.54) is 27.8 Å². The molecule has 0 aliphatic heterocycles. The van der Waals surface area contributed by atoms with Gasteiger partial charge in [-0.2, -0.15) is 0 Å². The maximum absolute atomic E-state index is 6.87. The van der Waals surface area contributed by atoms with Crippen LogP contribution in [0.3, 0.4) is 0 Å². The molecular formula is C56H38N2O. The molecular weight excluding hydrogens is 717 g/mol. The molecule has 0 radical (unpaired) electrons. The summed E-state index contributed by atoms with van der Waals surface area (Å²) in [5.41, 5.74) is 17.7. The molecule has 0 fully saturated rings. The van der Waals surface area contributed by atoms with Crippen LogP contribution >= 0.6 is 0 Å².